The van der Waals surface area contributed by atoms with Crippen molar-refractivity contribution in [3.63, 3.8) is 0 Å². The first-order valence-electron chi connectivity index (χ1n) is 11.0. The molecule has 1 amide bonds. The lowest BCUT2D eigenvalue weighted by Crippen LogP contribution is -2.42. The molecule has 3 aromatic rings. The molecule has 182 valence electrons. The van der Waals surface area contributed by atoms with E-state index in [9.17, 15) is 27.6 Å². The minimum absolute atomic E-state index is 0.0691. The fourth-order valence-electron chi connectivity index (χ4n) is 4.37. The molecule has 1 heterocycles. The molecule has 10 heteroatoms. The Morgan fingerprint density at radius 1 is 1.14 bits per heavy atom. The minimum Gasteiger partial charge on any atom is -0.497 e. The summed E-state index contributed by atoms with van der Waals surface area (Å²) >= 11 is 0. The van der Waals surface area contributed by atoms with Gasteiger partial charge in [-0.2, -0.15) is 18.4 Å². The topological polar surface area (TPSA) is 87.0 Å². The van der Waals surface area contributed by atoms with E-state index in [1.54, 1.807) is 30.3 Å². The van der Waals surface area contributed by atoms with Gasteiger partial charge in [-0.15, -0.1) is 0 Å². The van der Waals surface area contributed by atoms with Gasteiger partial charge < -0.3 is 15.4 Å². The third-order valence-corrected chi connectivity index (χ3v) is 6.04. The smallest absolute Gasteiger partial charge is 0.434 e. The highest BCUT2D eigenvalue weighted by Crippen LogP contribution is 2.38. The number of nitriles is 1. The number of carbonyl (C=O) groups is 1. The Kier molecular flexibility index (Phi) is 6.78. The summed E-state index contributed by atoms with van der Waals surface area (Å²) in [5, 5.41) is 15.7. The summed E-state index contributed by atoms with van der Waals surface area (Å²) < 4.78 is 60.0. The van der Waals surface area contributed by atoms with Crippen molar-refractivity contribution in [1.82, 2.24) is 10.3 Å². The third-order valence-electron chi connectivity index (χ3n) is 6.04. The molecule has 2 aromatic carbocycles. The van der Waals surface area contributed by atoms with E-state index in [1.165, 1.54) is 7.11 Å². The van der Waals surface area contributed by atoms with Crippen molar-refractivity contribution in [2.24, 2.45) is 0 Å². The Labute approximate surface area is 198 Å². The molecule has 0 spiro atoms. The van der Waals surface area contributed by atoms with Gasteiger partial charge in [-0.25, -0.2) is 9.37 Å². The van der Waals surface area contributed by atoms with Gasteiger partial charge >= 0.3 is 6.18 Å². The zero-order chi connectivity index (χ0) is 25.2. The molecule has 0 unspecified atom stereocenters. The first kappa shape index (κ1) is 24.3. The lowest BCUT2D eigenvalue weighted by atomic mass is 9.90. The number of methoxy groups -OCH3 is 1. The molecule has 4 rings (SSSR count). The van der Waals surface area contributed by atoms with E-state index in [2.05, 4.69) is 15.6 Å². The van der Waals surface area contributed by atoms with Gasteiger partial charge in [0.2, 0.25) is 0 Å². The first-order chi connectivity index (χ1) is 16.7. The number of benzene rings is 2. The Hall–Kier alpha value is -3.87. The number of amides is 1. The fraction of sp³-hybridized carbons (Fsp3) is 0.320. The van der Waals surface area contributed by atoms with Gasteiger partial charge in [-0.1, -0.05) is 0 Å². The average Bonchev–Trinajstić information content (AvgIpc) is 2.83. The monoisotopic (exact) mass is 486 g/mol. The van der Waals surface area contributed by atoms with E-state index in [1.807, 2.05) is 0 Å². The molecule has 6 nitrogen and oxygen atoms in total. The number of carbonyl (C=O) groups excluding carboxylic acids is 1. The lowest BCUT2D eigenvalue weighted by molar-refractivity contribution is -0.141. The number of hydrogen-bond acceptors (Lipinski definition) is 5. The third kappa shape index (κ3) is 5.29. The second-order valence-electron chi connectivity index (χ2n) is 8.39. The fourth-order valence-corrected chi connectivity index (χ4v) is 4.37. The molecule has 2 atom stereocenters. The lowest BCUT2D eigenvalue weighted by Gasteiger charge is -2.32. The van der Waals surface area contributed by atoms with Crippen LogP contribution in [0, 0.1) is 17.1 Å². The van der Waals surface area contributed by atoms with Crippen LogP contribution in [-0.4, -0.2) is 30.1 Å². The van der Waals surface area contributed by atoms with Crippen molar-refractivity contribution in [2.45, 2.75) is 43.9 Å². The predicted octanol–water partition coefficient (Wildman–Crippen LogP) is 5.43. The number of halogens is 4. The van der Waals surface area contributed by atoms with Gasteiger partial charge in [0.15, 0.2) is 5.69 Å². The average molecular weight is 486 g/mol. The number of ether oxygens (including phenoxy) is 1. The van der Waals surface area contributed by atoms with Gasteiger partial charge in [0, 0.05) is 23.0 Å². The number of hydrogen-bond donors (Lipinski definition) is 2. The van der Waals surface area contributed by atoms with E-state index in [0.717, 1.165) is 18.2 Å². The molecule has 1 aliphatic carbocycles. The van der Waals surface area contributed by atoms with Crippen LogP contribution >= 0.6 is 0 Å². The summed E-state index contributed by atoms with van der Waals surface area (Å²) in [5.74, 6) is -0.304. The minimum atomic E-state index is -4.86. The number of rotatable bonds is 5. The van der Waals surface area contributed by atoms with E-state index in [0.29, 0.717) is 37.0 Å². The quantitative estimate of drug-likeness (QED) is 0.470. The summed E-state index contributed by atoms with van der Waals surface area (Å²) in [6, 6.07) is 10.9. The second-order valence-corrected chi connectivity index (χ2v) is 8.39. The van der Waals surface area contributed by atoms with Crippen molar-refractivity contribution in [1.29, 1.82) is 5.26 Å². The summed E-state index contributed by atoms with van der Waals surface area (Å²) in [6.07, 6.45) is -2.42. The van der Waals surface area contributed by atoms with Crippen molar-refractivity contribution in [3.8, 4) is 11.8 Å². The van der Waals surface area contributed by atoms with Crippen LogP contribution in [0.3, 0.4) is 0 Å². The van der Waals surface area contributed by atoms with Crippen molar-refractivity contribution < 1.29 is 27.1 Å². The molecule has 1 aromatic heterocycles. The van der Waals surface area contributed by atoms with Gasteiger partial charge in [0.25, 0.3) is 5.91 Å². The largest absolute Gasteiger partial charge is 0.497 e. The van der Waals surface area contributed by atoms with Crippen molar-refractivity contribution in [3.05, 3.63) is 65.1 Å². The molecule has 0 radical (unpaired) electrons. The Bertz CT molecular complexity index is 1290. The molecular weight excluding hydrogens is 464 g/mol. The highest BCUT2D eigenvalue weighted by molar-refractivity contribution is 5.95. The molecule has 0 bridgehead atoms. The zero-order valence-electron chi connectivity index (χ0n) is 18.7. The summed E-state index contributed by atoms with van der Waals surface area (Å²) in [6.45, 7) is 0. The molecule has 1 fully saturated rings. The highest BCUT2D eigenvalue weighted by Gasteiger charge is 2.38. The van der Waals surface area contributed by atoms with Gasteiger partial charge in [-0.05, 0) is 68.1 Å². The van der Waals surface area contributed by atoms with Gasteiger partial charge in [0.05, 0.1) is 18.3 Å². The van der Waals surface area contributed by atoms with Crippen LogP contribution in [0.1, 0.15) is 47.3 Å². The predicted molar refractivity (Wildman–Crippen MR) is 122 cm³/mol. The number of aromatic nitrogens is 1. The highest BCUT2D eigenvalue weighted by atomic mass is 19.4. The van der Waals surface area contributed by atoms with Gasteiger partial charge in [0.1, 0.15) is 23.2 Å². The van der Waals surface area contributed by atoms with Gasteiger partial charge in [-0.3, -0.25) is 4.79 Å². The van der Waals surface area contributed by atoms with E-state index >= 15 is 0 Å². The zero-order valence-corrected chi connectivity index (χ0v) is 18.7. The van der Waals surface area contributed by atoms with Crippen LogP contribution in [0.25, 0.3) is 10.9 Å². The maximum Gasteiger partial charge on any atom is 0.434 e. The summed E-state index contributed by atoms with van der Waals surface area (Å²) in [4.78, 5) is 16.2. The Morgan fingerprint density at radius 2 is 1.86 bits per heavy atom. The Morgan fingerprint density at radius 3 is 2.51 bits per heavy atom. The second kappa shape index (κ2) is 9.78. The molecule has 2 N–H and O–H groups in total. The number of nitrogens with zero attached hydrogens (tertiary/aromatic N) is 2. The van der Waals surface area contributed by atoms with E-state index < -0.39 is 23.3 Å². The maximum atomic E-state index is 14.0. The van der Waals surface area contributed by atoms with Crippen LogP contribution in [0.4, 0.5) is 23.2 Å². The molecular formula is C25H22F4N4O2. The van der Waals surface area contributed by atoms with Crippen LogP contribution in [0.2, 0.25) is 0 Å². The number of alkyl halides is 3. The van der Waals surface area contributed by atoms with Crippen LogP contribution in [-0.2, 0) is 6.18 Å². The number of nitrogens with one attached hydrogen (secondary N) is 2. The molecule has 1 saturated carbocycles. The van der Waals surface area contributed by atoms with Crippen molar-refractivity contribution >= 4 is 22.5 Å². The summed E-state index contributed by atoms with van der Waals surface area (Å²) in [7, 11) is 1.53. The first-order valence-corrected chi connectivity index (χ1v) is 11.0. The van der Waals surface area contributed by atoms with Crippen LogP contribution < -0.4 is 15.4 Å². The van der Waals surface area contributed by atoms with E-state index in [-0.39, 0.29) is 34.6 Å². The standard InChI is InChI=1S/C25H22F4N4O2/c1-35-18-8-5-14(6-9-18)24(34)32-17-4-2-3-16(12-17)31-22-19-11-15(26)7-10-21(19)33-23(20(22)13-30)25(27,28)29/h5-11,16-17H,2-4,12H2,1H3,(H,31,33)(H,32,34)/t16-,17+/m0/s1. The molecule has 35 heavy (non-hydrogen) atoms. The van der Waals surface area contributed by atoms with Crippen LogP contribution in [0.5, 0.6) is 5.75 Å². The van der Waals surface area contributed by atoms with E-state index in [4.69, 9.17) is 4.74 Å². The van der Waals surface area contributed by atoms with Crippen LogP contribution in [0.15, 0.2) is 42.5 Å². The molecule has 1 aliphatic rings. The summed E-state index contributed by atoms with van der Waals surface area (Å²) in [5.41, 5.74) is -1.71. The van der Waals surface area contributed by atoms with Crippen molar-refractivity contribution in [2.75, 3.05) is 12.4 Å². The molecule has 0 saturated heterocycles. The molecule has 0 aliphatic heterocycles. The SMILES string of the molecule is COc1ccc(C(=O)N[C@@H]2CCC[C@H](Nc3c(C#N)c(C(F)(F)F)nc4ccc(F)cc34)C2)cc1. The maximum absolute atomic E-state index is 14.0. The number of anilines is 1. The normalized spacial score (nSPS) is 18.1. The Balaban J connectivity index is 1.59. The number of fused-ring (bicyclic) bond motifs is 1. The number of pyridine rings is 1.